The summed E-state index contributed by atoms with van der Waals surface area (Å²) in [5.41, 5.74) is 0. The third-order valence-corrected chi connectivity index (χ3v) is 3.36. The first-order valence-electron chi connectivity index (χ1n) is 5.28. The van der Waals surface area contributed by atoms with Crippen LogP contribution in [0.15, 0.2) is 0 Å². The van der Waals surface area contributed by atoms with Crippen LogP contribution in [-0.2, 0) is 9.53 Å². The van der Waals surface area contributed by atoms with Gasteiger partial charge < -0.3 is 9.64 Å². The standard InChI is InChI=1S/C10H18N2O2/c1-8-7-9(11(8)2)10(13)12-3-5-14-6-4-12/h8-9H,3-7H2,1-2H3. The molecular weight excluding hydrogens is 180 g/mol. The molecule has 0 aromatic heterocycles. The molecule has 4 nitrogen and oxygen atoms in total. The Morgan fingerprint density at radius 3 is 2.50 bits per heavy atom. The Bertz CT molecular complexity index is 219. The average molecular weight is 198 g/mol. The van der Waals surface area contributed by atoms with Gasteiger partial charge in [0.1, 0.15) is 0 Å². The van der Waals surface area contributed by atoms with Gasteiger partial charge in [-0.05, 0) is 20.4 Å². The van der Waals surface area contributed by atoms with E-state index in [1.807, 2.05) is 11.9 Å². The van der Waals surface area contributed by atoms with Crippen molar-refractivity contribution in [2.24, 2.45) is 0 Å². The molecule has 0 aliphatic carbocycles. The van der Waals surface area contributed by atoms with Crippen molar-refractivity contribution in [1.82, 2.24) is 9.80 Å². The summed E-state index contributed by atoms with van der Waals surface area (Å²) in [4.78, 5) is 16.0. The fourth-order valence-electron chi connectivity index (χ4n) is 2.09. The van der Waals surface area contributed by atoms with Crippen molar-refractivity contribution in [3.05, 3.63) is 0 Å². The molecule has 1 amide bonds. The van der Waals surface area contributed by atoms with Crippen LogP contribution in [0.5, 0.6) is 0 Å². The van der Waals surface area contributed by atoms with Gasteiger partial charge in [0, 0.05) is 19.1 Å². The Hall–Kier alpha value is -0.610. The van der Waals surface area contributed by atoms with E-state index in [0.29, 0.717) is 19.3 Å². The number of carbonyl (C=O) groups is 1. The summed E-state index contributed by atoms with van der Waals surface area (Å²) in [5.74, 6) is 0.286. The van der Waals surface area contributed by atoms with Crippen molar-refractivity contribution in [3.63, 3.8) is 0 Å². The fraction of sp³-hybridized carbons (Fsp3) is 0.900. The predicted molar refractivity (Wildman–Crippen MR) is 53.0 cm³/mol. The van der Waals surface area contributed by atoms with Gasteiger partial charge in [-0.25, -0.2) is 0 Å². The molecule has 80 valence electrons. The molecule has 2 aliphatic heterocycles. The molecule has 0 aromatic rings. The lowest BCUT2D eigenvalue weighted by molar-refractivity contribution is -0.147. The Balaban J connectivity index is 1.88. The van der Waals surface area contributed by atoms with Gasteiger partial charge in [0.2, 0.25) is 5.91 Å². The zero-order chi connectivity index (χ0) is 10.1. The zero-order valence-electron chi connectivity index (χ0n) is 8.90. The highest BCUT2D eigenvalue weighted by Gasteiger charge is 2.39. The fourth-order valence-corrected chi connectivity index (χ4v) is 2.09. The number of amides is 1. The van der Waals surface area contributed by atoms with Crippen LogP contribution < -0.4 is 0 Å². The summed E-state index contributed by atoms with van der Waals surface area (Å²) >= 11 is 0. The van der Waals surface area contributed by atoms with Crippen molar-refractivity contribution in [1.29, 1.82) is 0 Å². The van der Waals surface area contributed by atoms with Gasteiger partial charge in [0.15, 0.2) is 0 Å². The number of rotatable bonds is 1. The summed E-state index contributed by atoms with van der Waals surface area (Å²) in [6.07, 6.45) is 1.01. The molecule has 0 radical (unpaired) electrons. The van der Waals surface area contributed by atoms with Crippen LogP contribution in [0.4, 0.5) is 0 Å². The molecule has 2 atom stereocenters. The highest BCUT2D eigenvalue weighted by molar-refractivity contribution is 5.83. The number of likely N-dealkylation sites (N-methyl/N-ethyl adjacent to an activating group) is 1. The van der Waals surface area contributed by atoms with Crippen molar-refractivity contribution in [2.45, 2.75) is 25.4 Å². The van der Waals surface area contributed by atoms with Crippen molar-refractivity contribution in [3.8, 4) is 0 Å². The van der Waals surface area contributed by atoms with Gasteiger partial charge >= 0.3 is 0 Å². The van der Waals surface area contributed by atoms with E-state index >= 15 is 0 Å². The summed E-state index contributed by atoms with van der Waals surface area (Å²) in [6.45, 7) is 5.06. The summed E-state index contributed by atoms with van der Waals surface area (Å²) in [6, 6.07) is 0.688. The lowest BCUT2D eigenvalue weighted by Crippen LogP contribution is -2.60. The van der Waals surface area contributed by atoms with E-state index in [1.54, 1.807) is 0 Å². The largest absolute Gasteiger partial charge is 0.378 e. The second kappa shape index (κ2) is 3.87. The number of morpholine rings is 1. The number of likely N-dealkylation sites (tertiary alicyclic amines) is 1. The third kappa shape index (κ3) is 1.64. The van der Waals surface area contributed by atoms with Crippen LogP contribution in [-0.4, -0.2) is 61.1 Å². The molecule has 4 heteroatoms. The molecule has 0 N–H and O–H groups in total. The van der Waals surface area contributed by atoms with E-state index in [0.717, 1.165) is 19.5 Å². The van der Waals surface area contributed by atoms with Crippen molar-refractivity contribution >= 4 is 5.91 Å². The van der Waals surface area contributed by atoms with Crippen LogP contribution >= 0.6 is 0 Å². The van der Waals surface area contributed by atoms with Crippen LogP contribution in [0.25, 0.3) is 0 Å². The maximum absolute atomic E-state index is 12.0. The molecular formula is C10H18N2O2. The van der Waals surface area contributed by atoms with E-state index in [4.69, 9.17) is 4.74 Å². The minimum atomic E-state index is 0.128. The van der Waals surface area contributed by atoms with Gasteiger partial charge in [-0.1, -0.05) is 0 Å². The lowest BCUT2D eigenvalue weighted by atomic mass is 9.94. The van der Waals surface area contributed by atoms with Gasteiger partial charge in [0.05, 0.1) is 19.3 Å². The first-order valence-corrected chi connectivity index (χ1v) is 5.28. The van der Waals surface area contributed by atoms with Gasteiger partial charge in [0.25, 0.3) is 0 Å². The highest BCUT2D eigenvalue weighted by atomic mass is 16.5. The van der Waals surface area contributed by atoms with E-state index in [2.05, 4.69) is 11.8 Å². The molecule has 2 fully saturated rings. The quantitative estimate of drug-likeness (QED) is 0.591. The second-order valence-electron chi connectivity index (χ2n) is 4.20. The Labute approximate surface area is 84.8 Å². The number of hydrogen-bond donors (Lipinski definition) is 0. The van der Waals surface area contributed by atoms with Crippen molar-refractivity contribution in [2.75, 3.05) is 33.4 Å². The van der Waals surface area contributed by atoms with E-state index in [9.17, 15) is 4.79 Å². The van der Waals surface area contributed by atoms with Gasteiger partial charge in [-0.2, -0.15) is 0 Å². The van der Waals surface area contributed by atoms with E-state index in [-0.39, 0.29) is 11.9 Å². The van der Waals surface area contributed by atoms with Crippen LogP contribution in [0.3, 0.4) is 0 Å². The molecule has 14 heavy (non-hydrogen) atoms. The molecule has 2 rings (SSSR count). The molecule has 0 bridgehead atoms. The molecule has 2 aliphatic rings. The summed E-state index contributed by atoms with van der Waals surface area (Å²) in [5, 5.41) is 0. The van der Waals surface area contributed by atoms with E-state index in [1.165, 1.54) is 0 Å². The Kier molecular flexibility index (Phi) is 2.74. The number of carbonyl (C=O) groups excluding carboxylic acids is 1. The zero-order valence-corrected chi connectivity index (χ0v) is 8.90. The topological polar surface area (TPSA) is 32.8 Å². The minimum absolute atomic E-state index is 0.128. The number of nitrogens with zero attached hydrogens (tertiary/aromatic N) is 2. The van der Waals surface area contributed by atoms with Crippen molar-refractivity contribution < 1.29 is 9.53 Å². The summed E-state index contributed by atoms with van der Waals surface area (Å²) < 4.78 is 5.22. The van der Waals surface area contributed by atoms with Gasteiger partial charge in [-0.15, -0.1) is 0 Å². The van der Waals surface area contributed by atoms with Crippen LogP contribution in [0, 0.1) is 0 Å². The van der Waals surface area contributed by atoms with Crippen LogP contribution in [0.2, 0.25) is 0 Å². The maximum Gasteiger partial charge on any atom is 0.240 e. The smallest absolute Gasteiger partial charge is 0.240 e. The van der Waals surface area contributed by atoms with E-state index < -0.39 is 0 Å². The monoisotopic (exact) mass is 198 g/mol. The molecule has 0 aromatic carbocycles. The number of ether oxygens (including phenoxy) is 1. The third-order valence-electron chi connectivity index (χ3n) is 3.36. The lowest BCUT2D eigenvalue weighted by Gasteiger charge is -2.45. The van der Waals surface area contributed by atoms with Gasteiger partial charge in [-0.3, -0.25) is 9.69 Å². The first-order chi connectivity index (χ1) is 6.70. The van der Waals surface area contributed by atoms with Crippen LogP contribution in [0.1, 0.15) is 13.3 Å². The highest BCUT2D eigenvalue weighted by Crippen LogP contribution is 2.24. The Morgan fingerprint density at radius 2 is 2.00 bits per heavy atom. The first kappa shape index (κ1) is 9.93. The molecule has 2 unspecified atom stereocenters. The molecule has 0 spiro atoms. The maximum atomic E-state index is 12.0. The molecule has 2 saturated heterocycles. The normalized spacial score (nSPS) is 34.0. The minimum Gasteiger partial charge on any atom is -0.378 e. The molecule has 2 heterocycles. The number of hydrogen-bond acceptors (Lipinski definition) is 3. The second-order valence-corrected chi connectivity index (χ2v) is 4.20. The Morgan fingerprint density at radius 1 is 1.36 bits per heavy atom. The SMILES string of the molecule is CC1CC(C(=O)N2CCOCC2)N1C. The predicted octanol–water partition coefficient (Wildman–Crippen LogP) is -0.0622. The average Bonchev–Trinajstić information content (AvgIpc) is 2.25. The molecule has 0 saturated carbocycles. The summed E-state index contributed by atoms with van der Waals surface area (Å²) in [7, 11) is 2.02.